The molecule has 3 nitrogen and oxygen atoms in total. The zero-order chi connectivity index (χ0) is 13.3. The summed E-state index contributed by atoms with van der Waals surface area (Å²) in [5, 5.41) is 2.97. The molecule has 1 aliphatic heterocycles. The van der Waals surface area contributed by atoms with Gasteiger partial charge >= 0.3 is 0 Å². The van der Waals surface area contributed by atoms with Crippen LogP contribution in [0.15, 0.2) is 28.7 Å². The van der Waals surface area contributed by atoms with E-state index in [9.17, 15) is 4.79 Å². The van der Waals surface area contributed by atoms with Crippen LogP contribution in [-0.2, 0) is 9.53 Å². The van der Waals surface area contributed by atoms with E-state index >= 15 is 0 Å². The van der Waals surface area contributed by atoms with E-state index in [4.69, 9.17) is 4.74 Å². The van der Waals surface area contributed by atoms with Gasteiger partial charge in [-0.3, -0.25) is 4.79 Å². The quantitative estimate of drug-likeness (QED) is 0.908. The molecule has 0 bridgehead atoms. The summed E-state index contributed by atoms with van der Waals surface area (Å²) in [6, 6.07) is 7.62. The van der Waals surface area contributed by atoms with Gasteiger partial charge in [-0.05, 0) is 47.8 Å². The van der Waals surface area contributed by atoms with Gasteiger partial charge < -0.3 is 10.1 Å². The van der Waals surface area contributed by atoms with Gasteiger partial charge in [0.1, 0.15) is 0 Å². The van der Waals surface area contributed by atoms with Gasteiger partial charge in [-0.25, -0.2) is 0 Å². The molecular weight excluding hydrogens is 294 g/mol. The molecule has 2 rings (SSSR count). The smallest absolute Gasteiger partial charge is 0.230 e. The van der Waals surface area contributed by atoms with E-state index < -0.39 is 0 Å². The predicted octanol–water partition coefficient (Wildman–Crippen LogP) is 3.45. The van der Waals surface area contributed by atoms with Crippen molar-refractivity contribution in [3.8, 4) is 0 Å². The molecule has 1 saturated heterocycles. The maximum atomic E-state index is 12.3. The Bertz CT molecular complexity index is 449. The van der Waals surface area contributed by atoms with Crippen molar-refractivity contribution in [3.05, 3.63) is 28.7 Å². The molecule has 0 radical (unpaired) electrons. The van der Waals surface area contributed by atoms with Crippen LogP contribution in [0.4, 0.5) is 5.69 Å². The minimum absolute atomic E-state index is 0.0301. The third-order valence-corrected chi connectivity index (χ3v) is 4.37. The number of nitrogens with one attached hydrogen (secondary N) is 1. The fourth-order valence-electron chi connectivity index (χ4n) is 2.50. The van der Waals surface area contributed by atoms with E-state index in [1.807, 2.05) is 38.1 Å². The van der Waals surface area contributed by atoms with Crippen LogP contribution in [0.1, 0.15) is 20.8 Å². The van der Waals surface area contributed by atoms with Crippen LogP contribution in [0, 0.1) is 11.8 Å². The van der Waals surface area contributed by atoms with E-state index in [0.717, 1.165) is 10.2 Å². The molecule has 0 aliphatic carbocycles. The fraction of sp³-hybridized carbons (Fsp3) is 0.500. The van der Waals surface area contributed by atoms with Crippen LogP contribution in [0.3, 0.4) is 0 Å². The summed E-state index contributed by atoms with van der Waals surface area (Å²) in [5.41, 5.74) is 0.807. The van der Waals surface area contributed by atoms with E-state index in [-0.39, 0.29) is 30.0 Å². The third-order valence-electron chi connectivity index (χ3n) is 3.68. The Labute approximate surface area is 116 Å². The van der Waals surface area contributed by atoms with E-state index in [0.29, 0.717) is 0 Å². The molecule has 1 heterocycles. The lowest BCUT2D eigenvalue weighted by Gasteiger charge is -2.18. The number of benzene rings is 1. The maximum Gasteiger partial charge on any atom is 0.230 e. The summed E-state index contributed by atoms with van der Waals surface area (Å²) >= 11 is 3.43. The minimum atomic E-state index is -0.0906. The van der Waals surface area contributed by atoms with Crippen molar-refractivity contribution < 1.29 is 9.53 Å². The summed E-state index contributed by atoms with van der Waals surface area (Å²) in [5.74, 6) is 0.181. The summed E-state index contributed by atoms with van der Waals surface area (Å²) in [6.45, 7) is 6.05. The summed E-state index contributed by atoms with van der Waals surface area (Å²) < 4.78 is 6.60. The SMILES string of the molecule is CC1OC(C)C(C(=O)Nc2ccccc2Br)C1C. The number of ether oxygens (including phenoxy) is 1. The molecule has 4 unspecified atom stereocenters. The largest absolute Gasteiger partial charge is 0.374 e. The number of hydrogen-bond donors (Lipinski definition) is 1. The van der Waals surface area contributed by atoms with Crippen molar-refractivity contribution in [1.82, 2.24) is 0 Å². The molecule has 4 atom stereocenters. The highest BCUT2D eigenvalue weighted by Crippen LogP contribution is 2.33. The highest BCUT2D eigenvalue weighted by Gasteiger charge is 2.41. The first-order chi connectivity index (χ1) is 8.50. The number of hydrogen-bond acceptors (Lipinski definition) is 2. The van der Waals surface area contributed by atoms with Crippen molar-refractivity contribution in [2.24, 2.45) is 11.8 Å². The number of anilines is 1. The Morgan fingerprint density at radius 1 is 1.22 bits per heavy atom. The van der Waals surface area contributed by atoms with Crippen molar-refractivity contribution in [3.63, 3.8) is 0 Å². The standard InChI is InChI=1S/C14H18BrNO2/c1-8-9(2)18-10(3)13(8)14(17)16-12-7-5-4-6-11(12)15/h4-10,13H,1-3H3,(H,16,17). The Hall–Kier alpha value is -0.870. The van der Waals surface area contributed by atoms with Crippen molar-refractivity contribution in [2.75, 3.05) is 5.32 Å². The molecule has 0 spiro atoms. The summed E-state index contributed by atoms with van der Waals surface area (Å²) in [4.78, 5) is 12.3. The first-order valence-corrected chi connectivity index (χ1v) is 7.01. The fourth-order valence-corrected chi connectivity index (χ4v) is 2.88. The lowest BCUT2D eigenvalue weighted by molar-refractivity contribution is -0.121. The normalized spacial score (nSPS) is 31.3. The monoisotopic (exact) mass is 311 g/mol. The van der Waals surface area contributed by atoms with Gasteiger partial charge in [-0.1, -0.05) is 19.1 Å². The zero-order valence-corrected chi connectivity index (χ0v) is 12.4. The molecular formula is C14H18BrNO2. The molecule has 98 valence electrons. The number of halogens is 1. The van der Waals surface area contributed by atoms with Crippen LogP contribution >= 0.6 is 15.9 Å². The first kappa shape index (κ1) is 13.6. The molecule has 1 N–H and O–H groups in total. The number of amides is 1. The average Bonchev–Trinajstić information content (AvgIpc) is 2.56. The first-order valence-electron chi connectivity index (χ1n) is 6.21. The van der Waals surface area contributed by atoms with Crippen LogP contribution in [0.2, 0.25) is 0 Å². The summed E-state index contributed by atoms with van der Waals surface area (Å²) in [6.07, 6.45) is 0.104. The molecule has 1 aliphatic rings. The molecule has 1 fully saturated rings. The molecule has 4 heteroatoms. The Kier molecular flexibility index (Phi) is 4.07. The third kappa shape index (κ3) is 2.59. The van der Waals surface area contributed by atoms with Gasteiger partial charge in [0.15, 0.2) is 0 Å². The van der Waals surface area contributed by atoms with E-state index in [1.54, 1.807) is 0 Å². The average molecular weight is 312 g/mol. The second-order valence-electron chi connectivity index (χ2n) is 4.90. The van der Waals surface area contributed by atoms with Gasteiger partial charge in [0.05, 0.1) is 23.8 Å². The lowest BCUT2D eigenvalue weighted by atomic mass is 9.89. The van der Waals surface area contributed by atoms with E-state index in [2.05, 4.69) is 28.2 Å². The van der Waals surface area contributed by atoms with Gasteiger partial charge in [0.25, 0.3) is 0 Å². The molecule has 0 aromatic heterocycles. The van der Waals surface area contributed by atoms with Crippen LogP contribution in [0.5, 0.6) is 0 Å². The second-order valence-corrected chi connectivity index (χ2v) is 5.75. The second kappa shape index (κ2) is 5.41. The van der Waals surface area contributed by atoms with Crippen molar-refractivity contribution in [2.45, 2.75) is 33.0 Å². The van der Waals surface area contributed by atoms with Gasteiger partial charge in [0.2, 0.25) is 5.91 Å². The van der Waals surface area contributed by atoms with Gasteiger partial charge in [-0.2, -0.15) is 0 Å². The van der Waals surface area contributed by atoms with Crippen LogP contribution in [0.25, 0.3) is 0 Å². The lowest BCUT2D eigenvalue weighted by Crippen LogP contribution is -2.32. The number of para-hydroxylation sites is 1. The van der Waals surface area contributed by atoms with E-state index in [1.165, 1.54) is 0 Å². The Morgan fingerprint density at radius 3 is 2.44 bits per heavy atom. The number of carbonyl (C=O) groups is 1. The van der Waals surface area contributed by atoms with Crippen LogP contribution in [-0.4, -0.2) is 18.1 Å². The summed E-state index contributed by atoms with van der Waals surface area (Å²) in [7, 11) is 0. The Morgan fingerprint density at radius 2 is 1.89 bits per heavy atom. The van der Waals surface area contributed by atoms with Gasteiger partial charge in [0, 0.05) is 4.47 Å². The number of carbonyl (C=O) groups excluding carboxylic acids is 1. The van der Waals surface area contributed by atoms with Crippen molar-refractivity contribution in [1.29, 1.82) is 0 Å². The molecule has 0 saturated carbocycles. The minimum Gasteiger partial charge on any atom is -0.374 e. The molecule has 1 aromatic rings. The molecule has 18 heavy (non-hydrogen) atoms. The molecule has 1 aromatic carbocycles. The topological polar surface area (TPSA) is 38.3 Å². The van der Waals surface area contributed by atoms with Gasteiger partial charge in [-0.15, -0.1) is 0 Å². The molecule has 1 amide bonds. The maximum absolute atomic E-state index is 12.3. The zero-order valence-electron chi connectivity index (χ0n) is 10.8. The highest BCUT2D eigenvalue weighted by atomic mass is 79.9. The number of rotatable bonds is 2. The van der Waals surface area contributed by atoms with Crippen molar-refractivity contribution >= 4 is 27.5 Å². The predicted molar refractivity (Wildman–Crippen MR) is 75.4 cm³/mol. The van der Waals surface area contributed by atoms with Crippen LogP contribution < -0.4 is 5.32 Å². The Balaban J connectivity index is 2.11. The highest BCUT2D eigenvalue weighted by molar-refractivity contribution is 9.10.